The van der Waals surface area contributed by atoms with Crippen LogP contribution in [0.5, 0.6) is 0 Å². The minimum absolute atomic E-state index is 0.609. The van der Waals surface area contributed by atoms with Crippen molar-refractivity contribution in [2.75, 3.05) is 6.26 Å². The third-order valence-corrected chi connectivity index (χ3v) is 3.52. The lowest BCUT2D eigenvalue weighted by Gasteiger charge is -2.02. The number of aryl methyl sites for hydroxylation is 1. The Balaban J connectivity index is 2.97. The maximum absolute atomic E-state index is 8.49. The van der Waals surface area contributed by atoms with Crippen LogP contribution in [0.15, 0.2) is 23.2 Å². The third kappa shape index (κ3) is 3.72. The van der Waals surface area contributed by atoms with Crippen LogP contribution >= 0.6 is 34.4 Å². The second-order valence-electron chi connectivity index (χ2n) is 2.79. The van der Waals surface area contributed by atoms with Crippen molar-refractivity contribution >= 4 is 45.2 Å². The van der Waals surface area contributed by atoms with Crippen LogP contribution in [-0.2, 0) is 0 Å². The van der Waals surface area contributed by atoms with E-state index in [1.54, 1.807) is 0 Å². The number of aliphatic imine (C=N–C) groups is 1. The van der Waals surface area contributed by atoms with Gasteiger partial charge in [0.2, 0.25) is 0 Å². The summed E-state index contributed by atoms with van der Waals surface area (Å²) in [5.74, 6) is 0. The molecule has 0 aliphatic rings. The van der Waals surface area contributed by atoms with Gasteiger partial charge < -0.3 is 0 Å². The largest absolute Gasteiger partial charge is 0.271 e. The zero-order valence-corrected chi connectivity index (χ0v) is 11.4. The quantitative estimate of drug-likeness (QED) is 0.283. The molecule has 0 aliphatic carbocycles. The molecule has 78 valence electrons. The van der Waals surface area contributed by atoms with Gasteiger partial charge in [-0.3, -0.25) is 5.32 Å². The van der Waals surface area contributed by atoms with Crippen LogP contribution in [0.3, 0.4) is 0 Å². The van der Waals surface area contributed by atoms with Crippen LogP contribution in [0.25, 0.3) is 0 Å². The number of hydrogen-bond donors (Lipinski definition) is 1. The van der Waals surface area contributed by atoms with Crippen molar-refractivity contribution in [2.45, 2.75) is 6.92 Å². The van der Waals surface area contributed by atoms with E-state index in [1.807, 2.05) is 37.6 Å². The van der Waals surface area contributed by atoms with Crippen molar-refractivity contribution in [2.24, 2.45) is 4.99 Å². The first-order chi connectivity index (χ1) is 7.17. The number of nitrogens with zero attached hydrogens (tertiary/aromatic N) is 2. The van der Waals surface area contributed by atoms with Gasteiger partial charge in [-0.1, -0.05) is 11.8 Å². The maximum Gasteiger partial charge on any atom is 0.183 e. The molecule has 0 saturated heterocycles. The predicted molar refractivity (Wildman–Crippen MR) is 73.3 cm³/mol. The molecule has 0 radical (unpaired) electrons. The van der Waals surface area contributed by atoms with Crippen LogP contribution in [0, 0.1) is 21.9 Å². The van der Waals surface area contributed by atoms with E-state index in [1.165, 1.54) is 20.9 Å². The topological polar surface area (TPSA) is 48.2 Å². The van der Waals surface area contributed by atoms with Gasteiger partial charge in [0, 0.05) is 3.57 Å². The lowest BCUT2D eigenvalue weighted by molar-refractivity contribution is 1.27. The highest BCUT2D eigenvalue weighted by Gasteiger charge is 1.98. The Kier molecular flexibility index (Phi) is 4.91. The van der Waals surface area contributed by atoms with E-state index in [9.17, 15) is 0 Å². The Bertz CT molecular complexity index is 423. The zero-order chi connectivity index (χ0) is 11.3. The summed E-state index contributed by atoms with van der Waals surface area (Å²) in [7, 11) is 0. The fourth-order valence-corrected chi connectivity index (χ4v) is 1.67. The first-order valence-corrected chi connectivity index (χ1v) is 6.51. The molecule has 1 rings (SSSR count). The van der Waals surface area contributed by atoms with Crippen LogP contribution in [0.4, 0.5) is 5.69 Å². The SMILES string of the molecule is CSC(=Nc1ccc(I)c(C)c1)NC#N. The first kappa shape index (κ1) is 12.3. The molecule has 0 heterocycles. The van der Waals surface area contributed by atoms with Gasteiger partial charge in [0.25, 0.3) is 0 Å². The summed E-state index contributed by atoms with van der Waals surface area (Å²) in [5.41, 5.74) is 2.05. The first-order valence-electron chi connectivity index (χ1n) is 4.21. The summed E-state index contributed by atoms with van der Waals surface area (Å²) in [6, 6.07) is 5.94. The van der Waals surface area contributed by atoms with Gasteiger partial charge >= 0.3 is 0 Å². The number of nitriles is 1. The third-order valence-electron chi connectivity index (χ3n) is 1.73. The average Bonchev–Trinajstić information content (AvgIpc) is 2.23. The molecule has 0 fully saturated rings. The van der Waals surface area contributed by atoms with E-state index in [-0.39, 0.29) is 0 Å². The highest BCUT2D eigenvalue weighted by atomic mass is 127. The molecule has 0 saturated carbocycles. The van der Waals surface area contributed by atoms with Crippen LogP contribution < -0.4 is 5.32 Å². The van der Waals surface area contributed by atoms with Crippen molar-refractivity contribution in [3.8, 4) is 6.19 Å². The number of amidine groups is 1. The van der Waals surface area contributed by atoms with Gasteiger partial charge in [-0.25, -0.2) is 4.99 Å². The van der Waals surface area contributed by atoms with Gasteiger partial charge in [0.15, 0.2) is 11.4 Å². The number of halogens is 1. The molecule has 0 aromatic heterocycles. The van der Waals surface area contributed by atoms with E-state index in [4.69, 9.17) is 5.26 Å². The fourth-order valence-electron chi connectivity index (χ4n) is 0.988. The monoisotopic (exact) mass is 331 g/mol. The molecule has 3 nitrogen and oxygen atoms in total. The normalized spacial score (nSPS) is 10.9. The maximum atomic E-state index is 8.49. The number of hydrogen-bond acceptors (Lipinski definition) is 3. The second-order valence-corrected chi connectivity index (χ2v) is 4.75. The number of rotatable bonds is 1. The second kappa shape index (κ2) is 5.98. The summed E-state index contributed by atoms with van der Waals surface area (Å²) in [5, 5.41) is 11.6. The predicted octanol–water partition coefficient (Wildman–Crippen LogP) is 3.02. The molecule has 0 aliphatic heterocycles. The van der Waals surface area contributed by atoms with Crippen molar-refractivity contribution in [1.82, 2.24) is 5.32 Å². The number of nitrogens with one attached hydrogen (secondary N) is 1. The molecule has 1 N–H and O–H groups in total. The van der Waals surface area contributed by atoms with Crippen molar-refractivity contribution < 1.29 is 0 Å². The molecule has 0 atom stereocenters. The lowest BCUT2D eigenvalue weighted by Crippen LogP contribution is -2.12. The highest BCUT2D eigenvalue weighted by molar-refractivity contribution is 14.1. The van der Waals surface area contributed by atoms with E-state index in [0.29, 0.717) is 5.17 Å². The molecule has 0 unspecified atom stereocenters. The van der Waals surface area contributed by atoms with E-state index in [0.717, 1.165) is 5.69 Å². The fraction of sp³-hybridized carbons (Fsp3) is 0.200. The number of benzene rings is 1. The van der Waals surface area contributed by atoms with Crippen LogP contribution in [0.1, 0.15) is 5.56 Å². The Labute approximate surface area is 107 Å². The van der Waals surface area contributed by atoms with Crippen molar-refractivity contribution in [1.29, 1.82) is 5.26 Å². The van der Waals surface area contributed by atoms with Crippen LogP contribution in [0.2, 0.25) is 0 Å². The summed E-state index contributed by atoms with van der Waals surface area (Å²) in [4.78, 5) is 4.31. The molecule has 0 spiro atoms. The Morgan fingerprint density at radius 3 is 2.87 bits per heavy atom. The summed E-state index contributed by atoms with van der Waals surface area (Å²) in [6.07, 6.45) is 3.74. The van der Waals surface area contributed by atoms with Gasteiger partial charge in [0.05, 0.1) is 5.69 Å². The molecule has 0 amide bonds. The molecular weight excluding hydrogens is 321 g/mol. The summed E-state index contributed by atoms with van der Waals surface area (Å²) in [6.45, 7) is 2.04. The standard InChI is InChI=1S/C10H10IN3S/c1-7-5-8(3-4-9(7)11)14-10(15-2)13-6-12/h3-5H,1-2H3,(H,13,14). The minimum atomic E-state index is 0.609. The zero-order valence-electron chi connectivity index (χ0n) is 8.41. The molecular formula is C10H10IN3S. The summed E-state index contributed by atoms with van der Waals surface area (Å²) >= 11 is 3.69. The Morgan fingerprint density at radius 2 is 2.33 bits per heavy atom. The minimum Gasteiger partial charge on any atom is -0.271 e. The molecule has 15 heavy (non-hydrogen) atoms. The van der Waals surface area contributed by atoms with E-state index < -0.39 is 0 Å². The van der Waals surface area contributed by atoms with E-state index in [2.05, 4.69) is 32.9 Å². The molecule has 1 aromatic carbocycles. The van der Waals surface area contributed by atoms with Gasteiger partial charge in [-0.15, -0.1) is 0 Å². The molecule has 0 bridgehead atoms. The lowest BCUT2D eigenvalue weighted by atomic mass is 10.2. The van der Waals surface area contributed by atoms with Crippen molar-refractivity contribution in [3.05, 3.63) is 27.3 Å². The summed E-state index contributed by atoms with van der Waals surface area (Å²) < 4.78 is 1.21. The number of thioether (sulfide) groups is 1. The van der Waals surface area contributed by atoms with Gasteiger partial charge in [-0.2, -0.15) is 5.26 Å². The Morgan fingerprint density at radius 1 is 1.60 bits per heavy atom. The molecule has 5 heteroatoms. The smallest absolute Gasteiger partial charge is 0.183 e. The van der Waals surface area contributed by atoms with Gasteiger partial charge in [0.1, 0.15) is 0 Å². The van der Waals surface area contributed by atoms with Crippen LogP contribution in [-0.4, -0.2) is 11.4 Å². The molecule has 1 aromatic rings. The highest BCUT2D eigenvalue weighted by Crippen LogP contribution is 2.20. The van der Waals surface area contributed by atoms with E-state index >= 15 is 0 Å². The Hall–Kier alpha value is -0.740. The van der Waals surface area contributed by atoms with Gasteiger partial charge in [-0.05, 0) is 59.5 Å². The van der Waals surface area contributed by atoms with Crippen molar-refractivity contribution in [3.63, 3.8) is 0 Å². The average molecular weight is 331 g/mol.